The second-order valence-corrected chi connectivity index (χ2v) is 3.74. The molecule has 0 spiro atoms. The van der Waals surface area contributed by atoms with E-state index < -0.39 is 0 Å². The van der Waals surface area contributed by atoms with E-state index >= 15 is 0 Å². The van der Waals surface area contributed by atoms with E-state index in [1.54, 1.807) is 13.3 Å². The highest BCUT2D eigenvalue weighted by molar-refractivity contribution is 7.09. The van der Waals surface area contributed by atoms with Gasteiger partial charge >= 0.3 is 0 Å². The number of rotatable bonds is 3. The first-order chi connectivity index (χ1) is 5.88. The highest BCUT2D eigenvalue weighted by Crippen LogP contribution is 2.26. The zero-order chi connectivity index (χ0) is 8.39. The quantitative estimate of drug-likeness (QED) is 0.766. The lowest BCUT2D eigenvalue weighted by atomic mass is 9.89. The van der Waals surface area contributed by atoms with Crippen molar-refractivity contribution in [1.82, 2.24) is 9.59 Å². The lowest BCUT2D eigenvalue weighted by Gasteiger charge is -2.34. The second-order valence-electron chi connectivity index (χ2n) is 2.95. The number of nitrogens with zero attached hydrogens (tertiary/aromatic N) is 2. The third-order valence-electron chi connectivity index (χ3n) is 2.14. The van der Waals surface area contributed by atoms with Crippen molar-refractivity contribution in [3.8, 4) is 0 Å². The van der Waals surface area contributed by atoms with E-state index in [2.05, 4.69) is 14.9 Å². The molecule has 12 heavy (non-hydrogen) atoms. The summed E-state index contributed by atoms with van der Waals surface area (Å²) in [7, 11) is 1.76. The Hall–Kier alpha value is -0.680. The van der Waals surface area contributed by atoms with Gasteiger partial charge < -0.3 is 10.1 Å². The summed E-state index contributed by atoms with van der Waals surface area (Å²) < 4.78 is 8.94. The van der Waals surface area contributed by atoms with Gasteiger partial charge in [0.15, 0.2) is 0 Å². The van der Waals surface area contributed by atoms with Gasteiger partial charge in [0.1, 0.15) is 5.00 Å². The van der Waals surface area contributed by atoms with E-state index in [1.165, 1.54) is 11.5 Å². The number of aromatic nitrogens is 2. The van der Waals surface area contributed by atoms with E-state index in [9.17, 15) is 0 Å². The van der Waals surface area contributed by atoms with Crippen LogP contribution in [-0.2, 0) is 4.74 Å². The Kier molecular flexibility index (Phi) is 2.23. The molecule has 0 radical (unpaired) electrons. The maximum absolute atomic E-state index is 5.17. The summed E-state index contributed by atoms with van der Waals surface area (Å²) in [5.74, 6) is 0. The number of hydrogen-bond acceptors (Lipinski definition) is 5. The highest BCUT2D eigenvalue weighted by Gasteiger charge is 2.28. The molecule has 0 atom stereocenters. The number of ether oxygens (including phenoxy) is 1. The summed E-state index contributed by atoms with van der Waals surface area (Å²) in [6, 6.07) is 0.553. The summed E-state index contributed by atoms with van der Waals surface area (Å²) in [6.45, 7) is 0. The van der Waals surface area contributed by atoms with E-state index in [-0.39, 0.29) is 0 Å². The van der Waals surface area contributed by atoms with Crippen LogP contribution in [0.3, 0.4) is 0 Å². The Morgan fingerprint density at radius 1 is 1.67 bits per heavy atom. The Morgan fingerprint density at radius 2 is 2.50 bits per heavy atom. The Balaban J connectivity index is 1.77. The van der Waals surface area contributed by atoms with Gasteiger partial charge in [0.05, 0.1) is 12.3 Å². The van der Waals surface area contributed by atoms with Crippen LogP contribution in [0.1, 0.15) is 12.8 Å². The van der Waals surface area contributed by atoms with Gasteiger partial charge in [0.25, 0.3) is 0 Å². The third kappa shape index (κ3) is 1.56. The van der Waals surface area contributed by atoms with Gasteiger partial charge in [-0.15, -0.1) is 5.10 Å². The molecular weight excluding hydrogens is 174 g/mol. The summed E-state index contributed by atoms with van der Waals surface area (Å²) in [5, 5.41) is 8.13. The molecule has 4 nitrogen and oxygen atoms in total. The summed E-state index contributed by atoms with van der Waals surface area (Å²) in [4.78, 5) is 0. The molecule has 1 fully saturated rings. The van der Waals surface area contributed by atoms with E-state index in [0.29, 0.717) is 12.1 Å². The molecule has 0 saturated heterocycles. The smallest absolute Gasteiger partial charge is 0.130 e. The molecule has 0 unspecified atom stereocenters. The zero-order valence-electron chi connectivity index (χ0n) is 6.86. The summed E-state index contributed by atoms with van der Waals surface area (Å²) in [6.07, 6.45) is 4.39. The number of anilines is 1. The fourth-order valence-corrected chi connectivity index (χ4v) is 1.80. The topological polar surface area (TPSA) is 47.0 Å². The van der Waals surface area contributed by atoms with Crippen molar-refractivity contribution >= 4 is 16.5 Å². The summed E-state index contributed by atoms with van der Waals surface area (Å²) in [5.41, 5.74) is 0. The minimum absolute atomic E-state index is 0.448. The second kappa shape index (κ2) is 3.37. The molecule has 0 aromatic carbocycles. The van der Waals surface area contributed by atoms with Gasteiger partial charge in [-0.2, -0.15) is 0 Å². The zero-order valence-corrected chi connectivity index (χ0v) is 7.67. The minimum Gasteiger partial charge on any atom is -0.381 e. The average molecular weight is 185 g/mol. The van der Waals surface area contributed by atoms with Crippen LogP contribution >= 0.6 is 11.5 Å². The van der Waals surface area contributed by atoms with Gasteiger partial charge in [0.2, 0.25) is 0 Å². The molecule has 66 valence electrons. The standard InChI is InChI=1S/C7H11N3OS/c1-11-6-2-5(3-6)9-7-4-8-10-12-7/h4-6,9H,2-3H2,1H3. The van der Waals surface area contributed by atoms with Crippen LogP contribution in [0.2, 0.25) is 0 Å². The predicted octanol–water partition coefficient (Wildman–Crippen LogP) is 1.13. The molecule has 0 amide bonds. The van der Waals surface area contributed by atoms with Crippen molar-refractivity contribution in [2.75, 3.05) is 12.4 Å². The van der Waals surface area contributed by atoms with Crippen molar-refractivity contribution in [1.29, 1.82) is 0 Å². The molecular formula is C7H11N3OS. The van der Waals surface area contributed by atoms with Crippen LogP contribution in [0.4, 0.5) is 5.00 Å². The maximum Gasteiger partial charge on any atom is 0.130 e. The fourth-order valence-electron chi connectivity index (χ4n) is 1.31. The Bertz CT molecular complexity index is 233. The molecule has 1 saturated carbocycles. The van der Waals surface area contributed by atoms with Crippen LogP contribution in [0, 0.1) is 0 Å². The largest absolute Gasteiger partial charge is 0.381 e. The van der Waals surface area contributed by atoms with Gasteiger partial charge in [0, 0.05) is 24.7 Å². The van der Waals surface area contributed by atoms with Crippen LogP contribution in [0.15, 0.2) is 6.20 Å². The monoisotopic (exact) mass is 185 g/mol. The minimum atomic E-state index is 0.448. The van der Waals surface area contributed by atoms with Crippen LogP contribution in [-0.4, -0.2) is 28.8 Å². The summed E-state index contributed by atoms with van der Waals surface area (Å²) >= 11 is 1.40. The van der Waals surface area contributed by atoms with Crippen LogP contribution in [0.25, 0.3) is 0 Å². The first-order valence-corrected chi connectivity index (χ1v) is 4.72. The van der Waals surface area contributed by atoms with Crippen molar-refractivity contribution < 1.29 is 4.74 Å². The number of methoxy groups -OCH3 is 1. The molecule has 1 N–H and O–H groups in total. The molecule has 1 aromatic heterocycles. The van der Waals surface area contributed by atoms with Crippen molar-refractivity contribution in [3.05, 3.63) is 6.20 Å². The van der Waals surface area contributed by atoms with Crippen molar-refractivity contribution in [2.45, 2.75) is 25.0 Å². The molecule has 2 rings (SSSR count). The first-order valence-electron chi connectivity index (χ1n) is 3.95. The van der Waals surface area contributed by atoms with Crippen LogP contribution < -0.4 is 5.32 Å². The number of hydrogen-bond donors (Lipinski definition) is 1. The molecule has 0 aliphatic heterocycles. The lowest BCUT2D eigenvalue weighted by molar-refractivity contribution is 0.0329. The number of nitrogens with one attached hydrogen (secondary N) is 1. The SMILES string of the molecule is COC1CC(Nc2cnns2)C1. The predicted molar refractivity (Wildman–Crippen MR) is 47.4 cm³/mol. The normalized spacial score (nSPS) is 28.1. The van der Waals surface area contributed by atoms with Gasteiger partial charge in [-0.3, -0.25) is 0 Å². The van der Waals surface area contributed by atoms with E-state index in [0.717, 1.165) is 17.8 Å². The van der Waals surface area contributed by atoms with Gasteiger partial charge in [-0.05, 0) is 12.8 Å². The Labute approximate surface area is 75.1 Å². The Morgan fingerprint density at radius 3 is 3.08 bits per heavy atom. The third-order valence-corrected chi connectivity index (χ3v) is 2.73. The van der Waals surface area contributed by atoms with Gasteiger partial charge in [-0.25, -0.2) is 0 Å². The van der Waals surface area contributed by atoms with E-state index in [1.807, 2.05) is 0 Å². The van der Waals surface area contributed by atoms with E-state index in [4.69, 9.17) is 4.74 Å². The molecule has 1 aliphatic carbocycles. The van der Waals surface area contributed by atoms with Crippen molar-refractivity contribution in [3.63, 3.8) is 0 Å². The van der Waals surface area contributed by atoms with Crippen LogP contribution in [0.5, 0.6) is 0 Å². The van der Waals surface area contributed by atoms with Gasteiger partial charge in [-0.1, -0.05) is 4.49 Å². The average Bonchev–Trinajstić information content (AvgIpc) is 2.47. The molecule has 1 heterocycles. The molecule has 1 aliphatic rings. The lowest BCUT2D eigenvalue weighted by Crippen LogP contribution is -2.39. The first kappa shape index (κ1) is 7.94. The maximum atomic E-state index is 5.17. The molecule has 0 bridgehead atoms. The highest BCUT2D eigenvalue weighted by atomic mass is 32.1. The molecule has 5 heteroatoms. The molecule has 1 aromatic rings. The fraction of sp³-hybridized carbons (Fsp3) is 0.714. The van der Waals surface area contributed by atoms with Crippen molar-refractivity contribution in [2.24, 2.45) is 0 Å².